The Morgan fingerprint density at radius 3 is 2.65 bits per heavy atom. The quantitative estimate of drug-likeness (QED) is 0.739. The molecule has 0 aliphatic carbocycles. The second-order valence-electron chi connectivity index (χ2n) is 7.74. The van der Waals surface area contributed by atoms with Crippen LogP contribution in [0.5, 0.6) is 5.75 Å². The molecule has 3 amide bonds. The largest absolute Gasteiger partial charge is 0.497 e. The van der Waals surface area contributed by atoms with Gasteiger partial charge in [-0.15, -0.1) is 0 Å². The van der Waals surface area contributed by atoms with Gasteiger partial charge in [0.15, 0.2) is 0 Å². The highest BCUT2D eigenvalue weighted by molar-refractivity contribution is 6.03. The molecule has 7 nitrogen and oxygen atoms in total. The van der Waals surface area contributed by atoms with E-state index in [2.05, 4.69) is 10.4 Å². The summed E-state index contributed by atoms with van der Waals surface area (Å²) in [6, 6.07) is 15.3. The molecule has 0 bridgehead atoms. The second-order valence-corrected chi connectivity index (χ2v) is 7.74. The lowest BCUT2D eigenvalue weighted by molar-refractivity contribution is -0.133. The molecule has 1 heterocycles. The van der Waals surface area contributed by atoms with Crippen LogP contribution < -0.4 is 10.1 Å². The fraction of sp³-hybridized carbons (Fsp3) is 0.375. The van der Waals surface area contributed by atoms with Crippen LogP contribution in [0.15, 0.2) is 53.6 Å². The van der Waals surface area contributed by atoms with Gasteiger partial charge < -0.3 is 15.0 Å². The maximum absolute atomic E-state index is 13.2. The van der Waals surface area contributed by atoms with Gasteiger partial charge in [-0.05, 0) is 31.0 Å². The average Bonchev–Trinajstić information content (AvgIpc) is 3.23. The van der Waals surface area contributed by atoms with Gasteiger partial charge in [0.05, 0.1) is 18.9 Å². The number of hydrogen-bond donors (Lipinski definition) is 1. The van der Waals surface area contributed by atoms with Gasteiger partial charge in [0.2, 0.25) is 0 Å². The first-order valence-corrected chi connectivity index (χ1v) is 10.5. The molecule has 164 valence electrons. The predicted octanol–water partition coefficient (Wildman–Crippen LogP) is 3.73. The van der Waals surface area contributed by atoms with E-state index in [-0.39, 0.29) is 24.5 Å². The third kappa shape index (κ3) is 5.42. The Bertz CT molecular complexity index is 956. The number of hydrazone groups is 1. The number of nitrogens with one attached hydrogen (secondary N) is 1. The maximum Gasteiger partial charge on any atom is 0.317 e. The number of aryl methyl sites for hydroxylation is 1. The van der Waals surface area contributed by atoms with E-state index in [0.29, 0.717) is 13.0 Å². The first kappa shape index (κ1) is 22.3. The molecular weight excluding hydrogens is 392 g/mol. The van der Waals surface area contributed by atoms with Crippen LogP contribution in [0.25, 0.3) is 0 Å². The highest BCUT2D eigenvalue weighted by Crippen LogP contribution is 2.33. The first-order valence-electron chi connectivity index (χ1n) is 10.5. The summed E-state index contributed by atoms with van der Waals surface area (Å²) in [5.74, 6) is 0.516. The van der Waals surface area contributed by atoms with Crippen LogP contribution in [0.1, 0.15) is 42.5 Å². The van der Waals surface area contributed by atoms with Crippen molar-refractivity contribution in [1.82, 2.24) is 15.2 Å². The number of carbonyl (C=O) groups excluding carboxylic acids is 2. The van der Waals surface area contributed by atoms with E-state index in [1.165, 1.54) is 9.91 Å². The standard InChI is InChI=1S/C24H30N4O3/c1-5-13-25-24(30)27(3)16-23(29)28-22(18-11-9-17(2)10-12-18)15-21(26-28)19-7-6-8-20(14-19)31-4/h6-12,14,22H,5,13,15-16H2,1-4H3,(H,25,30)/t22-/m1/s1. The van der Waals surface area contributed by atoms with E-state index in [1.807, 2.05) is 62.4 Å². The fourth-order valence-electron chi connectivity index (χ4n) is 3.48. The monoisotopic (exact) mass is 422 g/mol. The van der Waals surface area contributed by atoms with Crippen LogP contribution in [0.2, 0.25) is 0 Å². The molecule has 0 unspecified atom stereocenters. The smallest absolute Gasteiger partial charge is 0.317 e. The topological polar surface area (TPSA) is 74.2 Å². The molecule has 0 spiro atoms. The van der Waals surface area contributed by atoms with E-state index in [1.54, 1.807) is 14.2 Å². The molecular formula is C24H30N4O3. The minimum absolute atomic E-state index is 0.0488. The molecule has 1 aliphatic rings. The van der Waals surface area contributed by atoms with Crippen LogP contribution >= 0.6 is 0 Å². The molecule has 1 atom stereocenters. The lowest BCUT2D eigenvalue weighted by Crippen LogP contribution is -2.43. The molecule has 1 N–H and O–H groups in total. The number of ether oxygens (including phenoxy) is 1. The normalized spacial score (nSPS) is 15.4. The summed E-state index contributed by atoms with van der Waals surface area (Å²) in [5.41, 5.74) is 3.90. The van der Waals surface area contributed by atoms with Crippen molar-refractivity contribution in [2.24, 2.45) is 5.10 Å². The number of hydrogen-bond acceptors (Lipinski definition) is 4. The molecule has 2 aromatic carbocycles. The minimum Gasteiger partial charge on any atom is -0.497 e. The van der Waals surface area contributed by atoms with Crippen molar-refractivity contribution in [3.05, 3.63) is 65.2 Å². The Kier molecular flexibility index (Phi) is 7.28. The van der Waals surface area contributed by atoms with Crippen LogP contribution in [0.4, 0.5) is 4.79 Å². The van der Waals surface area contributed by atoms with Crippen molar-refractivity contribution < 1.29 is 14.3 Å². The number of urea groups is 1. The predicted molar refractivity (Wildman–Crippen MR) is 121 cm³/mol. The average molecular weight is 423 g/mol. The zero-order valence-electron chi connectivity index (χ0n) is 18.6. The van der Waals surface area contributed by atoms with Crippen molar-refractivity contribution in [2.75, 3.05) is 27.2 Å². The molecule has 0 fully saturated rings. The van der Waals surface area contributed by atoms with Gasteiger partial charge in [0.1, 0.15) is 12.3 Å². The van der Waals surface area contributed by atoms with Crippen LogP contribution in [0.3, 0.4) is 0 Å². The second kappa shape index (κ2) is 10.1. The third-order valence-electron chi connectivity index (χ3n) is 5.28. The Labute approximate surface area is 183 Å². The van der Waals surface area contributed by atoms with E-state index in [4.69, 9.17) is 4.74 Å². The molecule has 31 heavy (non-hydrogen) atoms. The summed E-state index contributed by atoms with van der Waals surface area (Å²) in [7, 11) is 3.24. The van der Waals surface area contributed by atoms with Crippen molar-refractivity contribution in [3.8, 4) is 5.75 Å². The number of likely N-dealkylation sites (N-methyl/N-ethyl adjacent to an activating group) is 1. The van der Waals surface area contributed by atoms with Gasteiger partial charge in [-0.25, -0.2) is 9.80 Å². The molecule has 0 saturated heterocycles. The van der Waals surface area contributed by atoms with Crippen molar-refractivity contribution in [3.63, 3.8) is 0 Å². The summed E-state index contributed by atoms with van der Waals surface area (Å²) in [6.07, 6.45) is 1.43. The fourth-order valence-corrected chi connectivity index (χ4v) is 3.48. The van der Waals surface area contributed by atoms with Gasteiger partial charge >= 0.3 is 6.03 Å². The summed E-state index contributed by atoms with van der Waals surface area (Å²) < 4.78 is 5.34. The molecule has 7 heteroatoms. The summed E-state index contributed by atoms with van der Waals surface area (Å²) in [5, 5.41) is 8.98. The van der Waals surface area contributed by atoms with Gasteiger partial charge in [0, 0.05) is 25.6 Å². The molecule has 0 radical (unpaired) electrons. The van der Waals surface area contributed by atoms with Gasteiger partial charge in [-0.2, -0.15) is 5.10 Å². The summed E-state index contributed by atoms with van der Waals surface area (Å²) in [6.45, 7) is 4.54. The van der Waals surface area contributed by atoms with E-state index < -0.39 is 0 Å². The lowest BCUT2D eigenvalue weighted by atomic mass is 9.97. The number of benzene rings is 2. The zero-order valence-corrected chi connectivity index (χ0v) is 18.6. The Morgan fingerprint density at radius 2 is 1.97 bits per heavy atom. The minimum atomic E-state index is -0.265. The number of rotatable bonds is 7. The molecule has 1 aliphatic heterocycles. The lowest BCUT2D eigenvalue weighted by Gasteiger charge is -2.25. The van der Waals surface area contributed by atoms with Gasteiger partial charge in [-0.3, -0.25) is 4.79 Å². The Balaban J connectivity index is 1.85. The number of carbonyl (C=O) groups is 2. The number of nitrogens with zero attached hydrogens (tertiary/aromatic N) is 3. The van der Waals surface area contributed by atoms with Crippen LogP contribution in [0, 0.1) is 6.92 Å². The molecule has 2 aromatic rings. The summed E-state index contributed by atoms with van der Waals surface area (Å²) >= 11 is 0. The van der Waals surface area contributed by atoms with E-state index in [0.717, 1.165) is 34.6 Å². The highest BCUT2D eigenvalue weighted by atomic mass is 16.5. The zero-order chi connectivity index (χ0) is 22.4. The summed E-state index contributed by atoms with van der Waals surface area (Å²) in [4.78, 5) is 26.7. The Morgan fingerprint density at radius 1 is 1.23 bits per heavy atom. The van der Waals surface area contributed by atoms with E-state index in [9.17, 15) is 9.59 Å². The third-order valence-corrected chi connectivity index (χ3v) is 5.28. The number of methoxy groups -OCH3 is 1. The van der Waals surface area contributed by atoms with Gasteiger partial charge in [-0.1, -0.05) is 48.9 Å². The van der Waals surface area contributed by atoms with Crippen molar-refractivity contribution in [2.45, 2.75) is 32.7 Å². The van der Waals surface area contributed by atoms with E-state index >= 15 is 0 Å². The SMILES string of the molecule is CCCNC(=O)N(C)CC(=O)N1N=C(c2cccc(OC)c2)C[C@@H]1c1ccc(C)cc1. The highest BCUT2D eigenvalue weighted by Gasteiger charge is 2.34. The molecule has 3 rings (SSSR count). The van der Waals surface area contributed by atoms with Gasteiger partial charge in [0.25, 0.3) is 5.91 Å². The first-order chi connectivity index (χ1) is 14.9. The molecule has 0 aromatic heterocycles. The number of amides is 3. The molecule has 0 saturated carbocycles. The van der Waals surface area contributed by atoms with Crippen LogP contribution in [-0.4, -0.2) is 54.8 Å². The van der Waals surface area contributed by atoms with Crippen LogP contribution in [-0.2, 0) is 4.79 Å². The van der Waals surface area contributed by atoms with Crippen molar-refractivity contribution in [1.29, 1.82) is 0 Å². The van der Waals surface area contributed by atoms with Crippen molar-refractivity contribution >= 4 is 17.6 Å². The Hall–Kier alpha value is -3.35. The maximum atomic E-state index is 13.2.